The highest BCUT2D eigenvalue weighted by Crippen LogP contribution is 2.34. The zero-order valence-electron chi connectivity index (χ0n) is 25.8. The number of aryl methyl sites for hydroxylation is 1. The van der Waals surface area contributed by atoms with Gasteiger partial charge in [-0.15, -0.1) is 0 Å². The van der Waals surface area contributed by atoms with Crippen LogP contribution in [0.25, 0.3) is 0 Å². The van der Waals surface area contributed by atoms with E-state index in [2.05, 4.69) is 47.7 Å². The van der Waals surface area contributed by atoms with E-state index in [1.54, 1.807) is 12.0 Å². The van der Waals surface area contributed by atoms with E-state index in [-0.39, 0.29) is 12.1 Å². The SMILES string of the molecule is COc1ccc(C)c(CN2Cc3nc(OC[C@@H]4CCCN4C)nc(N4CCN(C(=O)OC(C)(C)C)C[C@@H]4C)c3C2)c1. The van der Waals surface area contributed by atoms with E-state index < -0.39 is 5.60 Å². The number of amides is 1. The maximum absolute atomic E-state index is 12.8. The summed E-state index contributed by atoms with van der Waals surface area (Å²) >= 11 is 0. The first-order valence-corrected chi connectivity index (χ1v) is 14.8. The Morgan fingerprint density at radius 3 is 2.61 bits per heavy atom. The molecule has 5 rings (SSSR count). The fourth-order valence-electron chi connectivity index (χ4n) is 6.00. The zero-order chi connectivity index (χ0) is 29.3. The summed E-state index contributed by atoms with van der Waals surface area (Å²) in [7, 11) is 3.86. The number of ether oxygens (including phenoxy) is 3. The van der Waals surface area contributed by atoms with E-state index in [4.69, 9.17) is 24.2 Å². The van der Waals surface area contributed by atoms with Crippen LogP contribution < -0.4 is 14.4 Å². The summed E-state index contributed by atoms with van der Waals surface area (Å²) in [6.45, 7) is 15.8. The molecule has 1 aromatic heterocycles. The van der Waals surface area contributed by atoms with Gasteiger partial charge in [-0.2, -0.15) is 9.97 Å². The molecule has 10 heteroatoms. The number of anilines is 1. The summed E-state index contributed by atoms with van der Waals surface area (Å²) in [6, 6.07) is 7.14. The molecule has 1 amide bonds. The third-order valence-electron chi connectivity index (χ3n) is 8.38. The Labute approximate surface area is 244 Å². The lowest BCUT2D eigenvalue weighted by Crippen LogP contribution is -2.55. The number of rotatable bonds is 7. The van der Waals surface area contributed by atoms with Crippen molar-refractivity contribution in [3.05, 3.63) is 40.6 Å². The number of likely N-dealkylation sites (N-methyl/N-ethyl adjacent to an activating group) is 1. The molecule has 0 radical (unpaired) electrons. The van der Waals surface area contributed by atoms with Gasteiger partial charge in [0.1, 0.15) is 23.8 Å². The second-order valence-corrected chi connectivity index (χ2v) is 12.7. The smallest absolute Gasteiger partial charge is 0.410 e. The van der Waals surface area contributed by atoms with E-state index in [0.717, 1.165) is 55.4 Å². The summed E-state index contributed by atoms with van der Waals surface area (Å²) in [6.07, 6.45) is 2.06. The molecule has 2 fully saturated rings. The third kappa shape index (κ3) is 6.86. The minimum atomic E-state index is -0.519. The number of hydrogen-bond acceptors (Lipinski definition) is 9. The highest BCUT2D eigenvalue weighted by molar-refractivity contribution is 5.69. The number of carbonyl (C=O) groups is 1. The van der Waals surface area contributed by atoms with Gasteiger partial charge < -0.3 is 28.9 Å². The molecule has 2 aromatic rings. The van der Waals surface area contributed by atoms with Crippen molar-refractivity contribution < 1.29 is 19.0 Å². The van der Waals surface area contributed by atoms with Gasteiger partial charge in [-0.1, -0.05) is 6.07 Å². The molecule has 0 unspecified atom stereocenters. The molecule has 41 heavy (non-hydrogen) atoms. The Kier molecular flexibility index (Phi) is 8.61. The molecule has 0 N–H and O–H groups in total. The predicted molar refractivity (Wildman–Crippen MR) is 158 cm³/mol. The van der Waals surface area contributed by atoms with Gasteiger partial charge >= 0.3 is 12.1 Å². The number of nitrogens with zero attached hydrogens (tertiary/aromatic N) is 6. The van der Waals surface area contributed by atoms with Crippen LogP contribution >= 0.6 is 0 Å². The molecule has 0 bridgehead atoms. The second-order valence-electron chi connectivity index (χ2n) is 12.7. The van der Waals surface area contributed by atoms with Crippen LogP contribution in [-0.4, -0.2) is 95.4 Å². The lowest BCUT2D eigenvalue weighted by molar-refractivity contribution is 0.0218. The summed E-state index contributed by atoms with van der Waals surface area (Å²) < 4.78 is 17.4. The second kappa shape index (κ2) is 12.0. The molecular formula is C31H46N6O4. The Bertz CT molecular complexity index is 1250. The van der Waals surface area contributed by atoms with Crippen molar-refractivity contribution >= 4 is 11.9 Å². The van der Waals surface area contributed by atoms with Crippen LogP contribution in [0.2, 0.25) is 0 Å². The van der Waals surface area contributed by atoms with Crippen LogP contribution in [0.15, 0.2) is 18.2 Å². The molecule has 0 aliphatic carbocycles. The molecule has 0 saturated carbocycles. The number of methoxy groups -OCH3 is 1. The third-order valence-corrected chi connectivity index (χ3v) is 8.38. The van der Waals surface area contributed by atoms with Gasteiger partial charge in [0.2, 0.25) is 0 Å². The van der Waals surface area contributed by atoms with Crippen molar-refractivity contribution in [2.45, 2.75) is 84.8 Å². The van der Waals surface area contributed by atoms with Crippen LogP contribution in [-0.2, 0) is 24.4 Å². The van der Waals surface area contributed by atoms with Gasteiger partial charge in [0.15, 0.2) is 0 Å². The Morgan fingerprint density at radius 2 is 1.93 bits per heavy atom. The number of hydrogen-bond donors (Lipinski definition) is 0. The van der Waals surface area contributed by atoms with Crippen LogP contribution in [0.5, 0.6) is 11.8 Å². The maximum atomic E-state index is 12.8. The van der Waals surface area contributed by atoms with Gasteiger partial charge in [0.25, 0.3) is 0 Å². The van der Waals surface area contributed by atoms with Crippen molar-refractivity contribution in [1.29, 1.82) is 0 Å². The lowest BCUT2D eigenvalue weighted by atomic mass is 10.1. The summed E-state index contributed by atoms with van der Waals surface area (Å²) in [4.78, 5) is 31.6. The van der Waals surface area contributed by atoms with Crippen molar-refractivity contribution in [1.82, 2.24) is 24.7 Å². The van der Waals surface area contributed by atoms with Crippen LogP contribution in [0.4, 0.5) is 10.6 Å². The number of carbonyl (C=O) groups excluding carboxylic acids is 1. The number of aromatic nitrogens is 2. The fraction of sp³-hybridized carbons (Fsp3) is 0.645. The first-order chi connectivity index (χ1) is 19.5. The Hall–Kier alpha value is -3.11. The molecule has 1 aromatic carbocycles. The topological polar surface area (TPSA) is 83.5 Å². The van der Waals surface area contributed by atoms with Crippen molar-refractivity contribution in [3.8, 4) is 11.8 Å². The maximum Gasteiger partial charge on any atom is 0.410 e. The normalized spacial score (nSPS) is 21.7. The Morgan fingerprint density at radius 1 is 1.12 bits per heavy atom. The summed E-state index contributed by atoms with van der Waals surface area (Å²) in [5, 5.41) is 0. The lowest BCUT2D eigenvalue weighted by Gasteiger charge is -2.41. The molecule has 2 atom stereocenters. The number of fused-ring (bicyclic) bond motifs is 1. The van der Waals surface area contributed by atoms with Gasteiger partial charge in [0, 0.05) is 56.9 Å². The highest BCUT2D eigenvalue weighted by Gasteiger charge is 2.35. The number of likely N-dealkylation sites (tertiary alicyclic amines) is 1. The van der Waals surface area contributed by atoms with E-state index in [9.17, 15) is 4.79 Å². The van der Waals surface area contributed by atoms with Crippen LogP contribution in [0.3, 0.4) is 0 Å². The average molecular weight is 567 g/mol. The van der Waals surface area contributed by atoms with Gasteiger partial charge in [-0.3, -0.25) is 4.90 Å². The fourth-order valence-corrected chi connectivity index (χ4v) is 6.00. The molecular weight excluding hydrogens is 520 g/mol. The van der Waals surface area contributed by atoms with Crippen molar-refractivity contribution in [3.63, 3.8) is 0 Å². The molecule has 2 saturated heterocycles. The highest BCUT2D eigenvalue weighted by atomic mass is 16.6. The van der Waals surface area contributed by atoms with E-state index >= 15 is 0 Å². The van der Waals surface area contributed by atoms with E-state index in [0.29, 0.717) is 38.3 Å². The molecule has 3 aliphatic rings. The summed E-state index contributed by atoms with van der Waals surface area (Å²) in [5.41, 5.74) is 4.13. The van der Waals surface area contributed by atoms with Gasteiger partial charge in [0.05, 0.1) is 12.8 Å². The standard InChI is InChI=1S/C31H46N6O4/c1-21-10-11-25(39-7)15-23(21)17-35-18-26-27(19-35)32-29(40-20-24-9-8-12-34(24)6)33-28(26)37-14-13-36(16-22(37)2)30(38)41-31(3,4)5/h10-11,15,22,24H,8-9,12-14,16-20H2,1-7H3/t22-,24-/m0/s1. The first kappa shape index (κ1) is 29.4. The first-order valence-electron chi connectivity index (χ1n) is 14.8. The molecule has 10 nitrogen and oxygen atoms in total. The van der Waals surface area contributed by atoms with Crippen LogP contribution in [0, 0.1) is 6.92 Å². The van der Waals surface area contributed by atoms with Gasteiger partial charge in [-0.05, 0) is 84.3 Å². The monoisotopic (exact) mass is 566 g/mol. The molecule has 224 valence electrons. The number of benzene rings is 1. The van der Waals surface area contributed by atoms with Crippen molar-refractivity contribution in [2.75, 3.05) is 51.8 Å². The Balaban J connectivity index is 1.37. The number of piperazine rings is 1. The summed E-state index contributed by atoms with van der Waals surface area (Å²) in [5.74, 6) is 1.79. The molecule has 3 aliphatic heterocycles. The average Bonchev–Trinajstić information content (AvgIpc) is 3.52. The van der Waals surface area contributed by atoms with E-state index in [1.165, 1.54) is 17.5 Å². The van der Waals surface area contributed by atoms with Gasteiger partial charge in [-0.25, -0.2) is 4.79 Å². The van der Waals surface area contributed by atoms with Crippen LogP contribution in [0.1, 0.15) is 62.9 Å². The minimum absolute atomic E-state index is 0.0683. The minimum Gasteiger partial charge on any atom is -0.497 e. The molecule has 4 heterocycles. The predicted octanol–water partition coefficient (Wildman–Crippen LogP) is 4.23. The molecule has 0 spiro atoms. The van der Waals surface area contributed by atoms with E-state index in [1.807, 2.05) is 26.8 Å². The van der Waals surface area contributed by atoms with Crippen molar-refractivity contribution in [2.24, 2.45) is 0 Å². The quantitative estimate of drug-likeness (QED) is 0.489. The largest absolute Gasteiger partial charge is 0.497 e. The zero-order valence-corrected chi connectivity index (χ0v) is 25.8.